The average molecular weight is 216 g/mol. The van der Waals surface area contributed by atoms with Crippen molar-refractivity contribution in [3.63, 3.8) is 0 Å². The fraction of sp³-hybridized carbons (Fsp3) is 1.00. The maximum atomic E-state index is 11.7. The molecule has 0 spiro atoms. The summed E-state index contributed by atoms with van der Waals surface area (Å²) in [7, 11) is 0. The normalized spacial score (nSPS) is 13.1. The van der Waals surface area contributed by atoms with E-state index < -0.39 is 18.8 Å². The number of hydrogen-bond donors (Lipinski definition) is 0. The van der Waals surface area contributed by atoms with Crippen LogP contribution in [0.4, 0.5) is 17.6 Å². The number of hydrogen-bond acceptors (Lipinski definition) is 0. The highest BCUT2D eigenvalue weighted by atomic mass is 19.3. The predicted molar refractivity (Wildman–Crippen MR) is 50.9 cm³/mol. The highest BCUT2D eigenvalue weighted by molar-refractivity contribution is 4.57. The predicted octanol–water partition coefficient (Wildman–Crippen LogP) is 4.60. The first-order valence-electron chi connectivity index (χ1n) is 4.89. The second-order valence-corrected chi connectivity index (χ2v) is 3.62. The van der Waals surface area contributed by atoms with Crippen molar-refractivity contribution in [1.82, 2.24) is 0 Å². The van der Waals surface area contributed by atoms with Gasteiger partial charge in [0, 0.05) is 12.3 Å². The smallest absolute Gasteiger partial charge is 0.211 e. The van der Waals surface area contributed by atoms with Crippen LogP contribution in [0.5, 0.6) is 0 Å². The van der Waals surface area contributed by atoms with Gasteiger partial charge in [-0.15, -0.1) is 0 Å². The second kappa shape index (κ2) is 9.28. The average Bonchev–Trinajstić information content (AvgIpc) is 2.03. The molecular formula is C10H20F4. The Morgan fingerprint density at radius 1 is 0.929 bits per heavy atom. The topological polar surface area (TPSA) is 0 Å². The minimum atomic E-state index is -2.16. The quantitative estimate of drug-likeness (QED) is 0.603. The molecule has 0 heterocycles. The molecule has 0 aliphatic carbocycles. The Hall–Kier alpha value is -0.280. The summed E-state index contributed by atoms with van der Waals surface area (Å²) in [6.45, 7) is 6.91. The van der Waals surface area contributed by atoms with Crippen molar-refractivity contribution in [3.05, 3.63) is 0 Å². The third-order valence-corrected chi connectivity index (χ3v) is 1.96. The van der Waals surface area contributed by atoms with Crippen LogP contribution in [0.15, 0.2) is 0 Å². The molecule has 0 aliphatic heterocycles. The van der Waals surface area contributed by atoms with Crippen molar-refractivity contribution in [1.29, 1.82) is 0 Å². The molecule has 0 saturated carbocycles. The Kier molecular flexibility index (Phi) is 10.7. The van der Waals surface area contributed by atoms with Crippen LogP contribution in [0, 0.1) is 11.8 Å². The maximum Gasteiger partial charge on any atom is 0.241 e. The van der Waals surface area contributed by atoms with Crippen molar-refractivity contribution in [2.45, 2.75) is 53.4 Å². The standard InChI is InChI=1S/C6H12F2.C4H8F2/c1-4(2)5(3)6(7)8;1-2-3-4(5)6/h4-6H,1-3H3;4H,2-3H2,1H3. The summed E-state index contributed by atoms with van der Waals surface area (Å²) in [4.78, 5) is 0. The SMILES string of the molecule is CC(C)C(C)C(F)F.CCCC(F)F. The van der Waals surface area contributed by atoms with Crippen LogP contribution < -0.4 is 0 Å². The zero-order valence-electron chi connectivity index (χ0n) is 9.24. The largest absolute Gasteiger partial charge is 0.241 e. The van der Waals surface area contributed by atoms with Gasteiger partial charge < -0.3 is 0 Å². The van der Waals surface area contributed by atoms with E-state index in [1.54, 1.807) is 27.7 Å². The summed E-state index contributed by atoms with van der Waals surface area (Å²) in [6, 6.07) is 0. The van der Waals surface area contributed by atoms with Crippen LogP contribution in [0.3, 0.4) is 0 Å². The van der Waals surface area contributed by atoms with Gasteiger partial charge in [-0.1, -0.05) is 34.1 Å². The molecule has 1 unspecified atom stereocenters. The lowest BCUT2D eigenvalue weighted by molar-refractivity contribution is 0.0626. The molecule has 0 saturated heterocycles. The van der Waals surface area contributed by atoms with E-state index in [0.29, 0.717) is 6.42 Å². The van der Waals surface area contributed by atoms with Crippen LogP contribution in [0.25, 0.3) is 0 Å². The molecule has 0 aromatic rings. The van der Waals surface area contributed by atoms with Crippen molar-refractivity contribution < 1.29 is 17.6 Å². The Balaban J connectivity index is 0. The van der Waals surface area contributed by atoms with E-state index in [9.17, 15) is 17.6 Å². The molecule has 0 N–H and O–H groups in total. The molecule has 0 nitrogen and oxygen atoms in total. The summed E-state index contributed by atoms with van der Waals surface area (Å²) >= 11 is 0. The first-order valence-corrected chi connectivity index (χ1v) is 4.89. The summed E-state index contributed by atoms with van der Waals surface area (Å²) in [5, 5.41) is 0. The second-order valence-electron chi connectivity index (χ2n) is 3.62. The Labute approximate surface area is 83.7 Å². The Morgan fingerprint density at radius 2 is 1.36 bits per heavy atom. The zero-order valence-corrected chi connectivity index (χ0v) is 9.24. The summed E-state index contributed by atoms with van der Waals surface area (Å²) in [6.07, 6.45) is -3.64. The van der Waals surface area contributed by atoms with Crippen molar-refractivity contribution in [2.24, 2.45) is 11.8 Å². The van der Waals surface area contributed by atoms with Gasteiger partial charge in [-0.3, -0.25) is 0 Å². The summed E-state index contributed by atoms with van der Waals surface area (Å²) in [5.41, 5.74) is 0. The minimum absolute atomic E-state index is 0.0417. The molecule has 4 heteroatoms. The highest BCUT2D eigenvalue weighted by Crippen LogP contribution is 2.17. The van der Waals surface area contributed by atoms with E-state index >= 15 is 0 Å². The van der Waals surface area contributed by atoms with E-state index in [2.05, 4.69) is 0 Å². The van der Waals surface area contributed by atoms with Gasteiger partial charge in [0.05, 0.1) is 0 Å². The monoisotopic (exact) mass is 216 g/mol. The fourth-order valence-electron chi connectivity index (χ4n) is 0.509. The highest BCUT2D eigenvalue weighted by Gasteiger charge is 2.17. The van der Waals surface area contributed by atoms with Crippen LogP contribution in [0.2, 0.25) is 0 Å². The Morgan fingerprint density at radius 3 is 1.36 bits per heavy atom. The van der Waals surface area contributed by atoms with Gasteiger partial charge in [-0.25, -0.2) is 17.6 Å². The molecule has 14 heavy (non-hydrogen) atoms. The molecule has 0 bridgehead atoms. The number of halogens is 4. The third kappa shape index (κ3) is 11.7. The third-order valence-electron chi connectivity index (χ3n) is 1.96. The van der Waals surface area contributed by atoms with Gasteiger partial charge in [0.2, 0.25) is 12.9 Å². The molecule has 0 amide bonds. The van der Waals surface area contributed by atoms with Gasteiger partial charge in [0.25, 0.3) is 0 Å². The van der Waals surface area contributed by atoms with Crippen LogP contribution >= 0.6 is 0 Å². The Bertz CT molecular complexity index is 105. The van der Waals surface area contributed by atoms with Crippen LogP contribution in [0.1, 0.15) is 40.5 Å². The van der Waals surface area contributed by atoms with Gasteiger partial charge in [0.1, 0.15) is 0 Å². The fourth-order valence-corrected chi connectivity index (χ4v) is 0.509. The minimum Gasteiger partial charge on any atom is -0.211 e. The van der Waals surface area contributed by atoms with E-state index in [-0.39, 0.29) is 12.3 Å². The molecule has 0 rings (SSSR count). The van der Waals surface area contributed by atoms with Gasteiger partial charge >= 0.3 is 0 Å². The van der Waals surface area contributed by atoms with E-state index in [1.807, 2.05) is 0 Å². The molecule has 0 aromatic heterocycles. The lowest BCUT2D eigenvalue weighted by Gasteiger charge is -2.12. The molecular weight excluding hydrogens is 196 g/mol. The van der Waals surface area contributed by atoms with Crippen molar-refractivity contribution >= 4 is 0 Å². The van der Waals surface area contributed by atoms with E-state index in [1.165, 1.54) is 0 Å². The zero-order chi connectivity index (χ0) is 11.7. The van der Waals surface area contributed by atoms with Gasteiger partial charge in [-0.05, 0) is 5.92 Å². The number of rotatable bonds is 4. The molecule has 1 atom stereocenters. The summed E-state index contributed by atoms with van der Waals surface area (Å²) in [5.74, 6) is -0.370. The summed E-state index contributed by atoms with van der Waals surface area (Å²) < 4.78 is 45.4. The first kappa shape index (κ1) is 16.2. The molecule has 0 fully saturated rings. The molecule has 0 aliphatic rings. The lowest BCUT2D eigenvalue weighted by atomic mass is 9.99. The first-order chi connectivity index (χ1) is 6.32. The van der Waals surface area contributed by atoms with Crippen molar-refractivity contribution in [2.75, 3.05) is 0 Å². The van der Waals surface area contributed by atoms with Gasteiger partial charge in [-0.2, -0.15) is 0 Å². The molecule has 88 valence electrons. The molecule has 0 radical (unpaired) electrons. The van der Waals surface area contributed by atoms with Crippen molar-refractivity contribution in [3.8, 4) is 0 Å². The van der Waals surface area contributed by atoms with E-state index in [4.69, 9.17) is 0 Å². The van der Waals surface area contributed by atoms with Gasteiger partial charge in [0.15, 0.2) is 0 Å². The van der Waals surface area contributed by atoms with Crippen LogP contribution in [-0.2, 0) is 0 Å². The number of alkyl halides is 4. The lowest BCUT2D eigenvalue weighted by Crippen LogP contribution is -2.12. The maximum absolute atomic E-state index is 11.7. The van der Waals surface area contributed by atoms with E-state index in [0.717, 1.165) is 0 Å². The molecule has 0 aromatic carbocycles. The van der Waals surface area contributed by atoms with Crippen LogP contribution in [-0.4, -0.2) is 12.9 Å².